The molecule has 0 saturated heterocycles. The molecular formula is C35H31N5OS2. The molecule has 0 unspecified atom stereocenters. The van der Waals surface area contributed by atoms with Gasteiger partial charge in [0.15, 0.2) is 5.16 Å². The highest BCUT2D eigenvalue weighted by molar-refractivity contribution is 7.98. The molecule has 8 heteroatoms. The second-order valence-corrected chi connectivity index (χ2v) is 12.0. The van der Waals surface area contributed by atoms with E-state index in [4.69, 9.17) is 4.98 Å². The molecule has 6 nitrogen and oxygen atoms in total. The SMILES string of the molecule is O=C(c1csc(CSc2nnc(Cc3ccccc3)n2-c2ccccc2)n1)N(CCc1ccccc1)Cc1ccccc1. The Morgan fingerprint density at radius 3 is 2.02 bits per heavy atom. The number of aromatic nitrogens is 4. The minimum atomic E-state index is -0.0510. The summed E-state index contributed by atoms with van der Waals surface area (Å²) >= 11 is 3.09. The topological polar surface area (TPSA) is 63.9 Å². The van der Waals surface area contributed by atoms with Gasteiger partial charge >= 0.3 is 0 Å². The van der Waals surface area contributed by atoms with Crippen LogP contribution >= 0.6 is 23.1 Å². The summed E-state index contributed by atoms with van der Waals surface area (Å²) in [5, 5.41) is 12.7. The molecule has 0 fully saturated rings. The van der Waals surface area contributed by atoms with E-state index in [1.54, 1.807) is 11.8 Å². The number of para-hydroxylation sites is 1. The molecule has 0 spiro atoms. The molecule has 0 aliphatic carbocycles. The van der Waals surface area contributed by atoms with Gasteiger partial charge in [0.05, 0.1) is 5.75 Å². The predicted octanol–water partition coefficient (Wildman–Crippen LogP) is 7.49. The van der Waals surface area contributed by atoms with Crippen LogP contribution in [0, 0.1) is 0 Å². The number of amides is 1. The molecule has 0 saturated carbocycles. The number of nitrogens with zero attached hydrogens (tertiary/aromatic N) is 5. The van der Waals surface area contributed by atoms with Crippen molar-refractivity contribution in [3.8, 4) is 5.69 Å². The predicted molar refractivity (Wildman–Crippen MR) is 174 cm³/mol. The second kappa shape index (κ2) is 14.1. The summed E-state index contributed by atoms with van der Waals surface area (Å²) in [7, 11) is 0. The molecule has 0 radical (unpaired) electrons. The average molecular weight is 602 g/mol. The number of hydrogen-bond donors (Lipinski definition) is 0. The monoisotopic (exact) mass is 601 g/mol. The molecule has 0 aliphatic rings. The fraction of sp³-hybridized carbons (Fsp3) is 0.143. The van der Waals surface area contributed by atoms with Gasteiger partial charge in [-0.15, -0.1) is 21.5 Å². The maximum absolute atomic E-state index is 13.7. The zero-order valence-corrected chi connectivity index (χ0v) is 25.3. The van der Waals surface area contributed by atoms with E-state index < -0.39 is 0 Å². The van der Waals surface area contributed by atoms with Crippen LogP contribution < -0.4 is 0 Å². The molecule has 214 valence electrons. The molecule has 0 aliphatic heterocycles. The lowest BCUT2D eigenvalue weighted by molar-refractivity contribution is 0.0740. The minimum Gasteiger partial charge on any atom is -0.333 e. The van der Waals surface area contributed by atoms with Gasteiger partial charge in [-0.2, -0.15) is 0 Å². The summed E-state index contributed by atoms with van der Waals surface area (Å²) in [6, 6.07) is 40.9. The summed E-state index contributed by atoms with van der Waals surface area (Å²) in [5.41, 5.74) is 4.99. The Labute approximate surface area is 260 Å². The van der Waals surface area contributed by atoms with Gasteiger partial charge in [-0.3, -0.25) is 9.36 Å². The van der Waals surface area contributed by atoms with E-state index in [9.17, 15) is 4.79 Å². The van der Waals surface area contributed by atoms with Crippen molar-refractivity contribution in [3.05, 3.63) is 160 Å². The van der Waals surface area contributed by atoms with Gasteiger partial charge in [-0.1, -0.05) is 121 Å². The standard InChI is InChI=1S/C35H31N5OS2/c41-34(39(24-29-17-9-3-10-18-29)22-21-27-13-5-1-6-14-27)31-25-42-33(36-31)26-43-35-38-37-32(23-28-15-7-2-8-16-28)40(35)30-19-11-4-12-20-30/h1-20,25H,21-24,26H2. The maximum Gasteiger partial charge on any atom is 0.273 e. The fourth-order valence-corrected chi connectivity index (χ4v) is 6.61. The molecule has 0 bridgehead atoms. The lowest BCUT2D eigenvalue weighted by Crippen LogP contribution is -2.32. The highest BCUT2D eigenvalue weighted by Gasteiger charge is 2.21. The number of rotatable bonds is 12. The molecule has 0 atom stereocenters. The van der Waals surface area contributed by atoms with Crippen molar-refractivity contribution in [1.29, 1.82) is 0 Å². The highest BCUT2D eigenvalue weighted by Crippen LogP contribution is 2.28. The van der Waals surface area contributed by atoms with Crippen LogP contribution in [0.2, 0.25) is 0 Å². The first-order chi connectivity index (χ1) is 21.2. The van der Waals surface area contributed by atoms with Crippen LogP contribution in [0.3, 0.4) is 0 Å². The van der Waals surface area contributed by atoms with E-state index in [2.05, 4.69) is 63.3 Å². The number of carbonyl (C=O) groups is 1. The number of thiazole rings is 1. The summed E-state index contributed by atoms with van der Waals surface area (Å²) < 4.78 is 2.11. The van der Waals surface area contributed by atoms with E-state index >= 15 is 0 Å². The Balaban J connectivity index is 1.18. The number of hydrogen-bond acceptors (Lipinski definition) is 6. The first kappa shape index (κ1) is 28.6. The van der Waals surface area contributed by atoms with Gasteiger partial charge in [0.2, 0.25) is 0 Å². The van der Waals surface area contributed by atoms with E-state index in [0.29, 0.717) is 31.0 Å². The summed E-state index contributed by atoms with van der Waals surface area (Å²) in [6.07, 6.45) is 1.46. The molecule has 6 rings (SSSR count). The third kappa shape index (κ3) is 7.46. The maximum atomic E-state index is 13.7. The molecule has 1 amide bonds. The normalized spacial score (nSPS) is 11.0. The quantitative estimate of drug-likeness (QED) is 0.136. The van der Waals surface area contributed by atoms with Gasteiger partial charge in [-0.05, 0) is 35.2 Å². The number of benzene rings is 4. The number of carbonyl (C=O) groups excluding carboxylic acids is 1. The van der Waals surface area contributed by atoms with Crippen molar-refractivity contribution in [1.82, 2.24) is 24.6 Å². The van der Waals surface area contributed by atoms with E-state index in [1.807, 2.05) is 83.1 Å². The van der Waals surface area contributed by atoms with Crippen molar-refractivity contribution in [2.24, 2.45) is 0 Å². The van der Waals surface area contributed by atoms with Crippen LogP contribution in [-0.4, -0.2) is 37.1 Å². The van der Waals surface area contributed by atoms with E-state index in [1.165, 1.54) is 22.5 Å². The molecule has 2 heterocycles. The van der Waals surface area contributed by atoms with Crippen molar-refractivity contribution in [2.75, 3.05) is 6.54 Å². The van der Waals surface area contributed by atoms with E-state index in [-0.39, 0.29) is 5.91 Å². The van der Waals surface area contributed by atoms with Crippen LogP contribution in [0.15, 0.2) is 132 Å². The Hall–Kier alpha value is -4.53. The van der Waals surface area contributed by atoms with Gasteiger partial charge in [0, 0.05) is 30.6 Å². The first-order valence-corrected chi connectivity index (χ1v) is 16.1. The van der Waals surface area contributed by atoms with Gasteiger partial charge < -0.3 is 4.90 Å². The number of thioether (sulfide) groups is 1. The van der Waals surface area contributed by atoms with Crippen LogP contribution in [-0.2, 0) is 25.1 Å². The zero-order valence-electron chi connectivity index (χ0n) is 23.6. The van der Waals surface area contributed by atoms with Crippen LogP contribution in [0.1, 0.15) is 38.0 Å². The molecule has 4 aromatic carbocycles. The van der Waals surface area contributed by atoms with Crippen molar-refractivity contribution >= 4 is 29.0 Å². The van der Waals surface area contributed by atoms with Gasteiger partial charge in [0.1, 0.15) is 16.5 Å². The second-order valence-electron chi connectivity index (χ2n) is 10.1. The van der Waals surface area contributed by atoms with Gasteiger partial charge in [0.25, 0.3) is 5.91 Å². The third-order valence-corrected chi connectivity index (χ3v) is 9.00. The van der Waals surface area contributed by atoms with Crippen molar-refractivity contribution in [3.63, 3.8) is 0 Å². The van der Waals surface area contributed by atoms with Crippen LogP contribution in [0.4, 0.5) is 0 Å². The Morgan fingerprint density at radius 2 is 1.35 bits per heavy atom. The smallest absolute Gasteiger partial charge is 0.273 e. The highest BCUT2D eigenvalue weighted by atomic mass is 32.2. The molecule has 2 aromatic heterocycles. The Kier molecular flexibility index (Phi) is 9.37. The van der Waals surface area contributed by atoms with Gasteiger partial charge in [-0.25, -0.2) is 4.98 Å². The fourth-order valence-electron chi connectivity index (χ4n) is 4.85. The third-order valence-electron chi connectivity index (χ3n) is 7.03. The lowest BCUT2D eigenvalue weighted by atomic mass is 10.1. The largest absolute Gasteiger partial charge is 0.333 e. The zero-order chi connectivity index (χ0) is 29.3. The van der Waals surface area contributed by atoms with Crippen LogP contribution in [0.25, 0.3) is 5.69 Å². The molecule has 6 aromatic rings. The molecular weight excluding hydrogens is 571 g/mol. The first-order valence-electron chi connectivity index (χ1n) is 14.2. The average Bonchev–Trinajstić information content (AvgIpc) is 3.71. The minimum absolute atomic E-state index is 0.0510. The summed E-state index contributed by atoms with van der Waals surface area (Å²) in [4.78, 5) is 20.4. The lowest BCUT2D eigenvalue weighted by Gasteiger charge is -2.22. The van der Waals surface area contributed by atoms with Crippen LogP contribution in [0.5, 0.6) is 0 Å². The Bertz CT molecular complexity index is 1740. The Morgan fingerprint density at radius 1 is 0.744 bits per heavy atom. The summed E-state index contributed by atoms with van der Waals surface area (Å²) in [5.74, 6) is 1.42. The molecule has 0 N–H and O–H groups in total. The van der Waals surface area contributed by atoms with E-state index in [0.717, 1.165) is 33.7 Å². The van der Waals surface area contributed by atoms with Crippen molar-refractivity contribution in [2.45, 2.75) is 30.3 Å². The summed E-state index contributed by atoms with van der Waals surface area (Å²) in [6.45, 7) is 1.15. The molecule has 43 heavy (non-hydrogen) atoms. The van der Waals surface area contributed by atoms with Crippen molar-refractivity contribution < 1.29 is 4.79 Å².